The number of carbonyl (C=O) groups is 1. The molecule has 30 heavy (non-hydrogen) atoms. The molecule has 0 heterocycles. The highest BCUT2D eigenvalue weighted by Gasteiger charge is 2.16. The second kappa shape index (κ2) is 11.2. The fraction of sp³-hybridized carbons (Fsp3) is 0.458. The Kier molecular flexibility index (Phi) is 8.40. The lowest BCUT2D eigenvalue weighted by Crippen LogP contribution is -2.30. The van der Waals surface area contributed by atoms with Gasteiger partial charge in [0.2, 0.25) is 0 Å². The van der Waals surface area contributed by atoms with Gasteiger partial charge in [0.25, 0.3) is 5.91 Å². The number of benzene rings is 2. The molecule has 2 N–H and O–H groups in total. The van der Waals surface area contributed by atoms with Crippen LogP contribution in [0.2, 0.25) is 5.02 Å². The van der Waals surface area contributed by atoms with Gasteiger partial charge in [-0.2, -0.15) is 0 Å². The van der Waals surface area contributed by atoms with Crippen molar-refractivity contribution in [1.82, 2.24) is 5.32 Å². The van der Waals surface area contributed by atoms with Gasteiger partial charge in [-0.15, -0.1) is 0 Å². The average molecular weight is 431 g/mol. The number of halogens is 1. The average Bonchev–Trinajstić information content (AvgIpc) is 2.74. The number of carbonyl (C=O) groups excluding carboxylic acids is 1. The summed E-state index contributed by atoms with van der Waals surface area (Å²) in [5.41, 5.74) is 2.91. The molecule has 162 valence electrons. The molecule has 1 aliphatic rings. The Morgan fingerprint density at radius 1 is 1.10 bits per heavy atom. The monoisotopic (exact) mass is 430 g/mol. The van der Waals surface area contributed by atoms with Crippen LogP contribution < -0.4 is 20.1 Å². The number of ether oxygens (including phenoxy) is 2. The van der Waals surface area contributed by atoms with Crippen molar-refractivity contribution in [2.45, 2.75) is 58.5 Å². The van der Waals surface area contributed by atoms with E-state index >= 15 is 0 Å². The molecule has 0 aliphatic heterocycles. The summed E-state index contributed by atoms with van der Waals surface area (Å²) in [6.07, 6.45) is 6.37. The number of hydrogen-bond acceptors (Lipinski definition) is 4. The van der Waals surface area contributed by atoms with Crippen LogP contribution in [0.3, 0.4) is 0 Å². The van der Waals surface area contributed by atoms with Crippen molar-refractivity contribution in [2.24, 2.45) is 0 Å². The predicted molar refractivity (Wildman–Crippen MR) is 122 cm³/mol. The minimum Gasteiger partial charge on any atom is -0.490 e. The zero-order valence-corrected chi connectivity index (χ0v) is 18.6. The van der Waals surface area contributed by atoms with Crippen molar-refractivity contribution in [3.05, 3.63) is 52.5 Å². The molecular weight excluding hydrogens is 400 g/mol. The second-order valence-corrected chi connectivity index (χ2v) is 8.16. The van der Waals surface area contributed by atoms with E-state index in [1.165, 1.54) is 32.1 Å². The molecule has 0 radical (unpaired) electrons. The zero-order chi connectivity index (χ0) is 21.3. The molecule has 0 aromatic heterocycles. The molecule has 0 bridgehead atoms. The van der Waals surface area contributed by atoms with Gasteiger partial charge in [-0.05, 0) is 56.5 Å². The molecule has 1 aliphatic carbocycles. The van der Waals surface area contributed by atoms with Crippen molar-refractivity contribution in [3.63, 3.8) is 0 Å². The van der Waals surface area contributed by atoms with E-state index < -0.39 is 0 Å². The highest BCUT2D eigenvalue weighted by Crippen LogP contribution is 2.37. The van der Waals surface area contributed by atoms with Gasteiger partial charge in [-0.25, -0.2) is 0 Å². The van der Waals surface area contributed by atoms with Crippen LogP contribution in [-0.2, 0) is 11.3 Å². The van der Waals surface area contributed by atoms with Crippen molar-refractivity contribution >= 4 is 23.2 Å². The molecule has 0 unspecified atom stereocenters. The molecule has 0 spiro atoms. The predicted octanol–water partition coefficient (Wildman–Crippen LogP) is 5.49. The molecule has 2 aromatic carbocycles. The van der Waals surface area contributed by atoms with Crippen LogP contribution in [0, 0.1) is 6.92 Å². The summed E-state index contributed by atoms with van der Waals surface area (Å²) < 4.78 is 11.5. The van der Waals surface area contributed by atoms with E-state index in [0.717, 1.165) is 23.4 Å². The largest absolute Gasteiger partial charge is 0.490 e. The number of rotatable bonds is 9. The van der Waals surface area contributed by atoms with E-state index in [9.17, 15) is 4.79 Å². The van der Waals surface area contributed by atoms with Crippen LogP contribution in [0.25, 0.3) is 0 Å². The first-order valence-electron chi connectivity index (χ1n) is 10.7. The fourth-order valence-corrected chi connectivity index (χ4v) is 3.95. The van der Waals surface area contributed by atoms with Crippen LogP contribution in [0.1, 0.15) is 50.2 Å². The molecule has 0 atom stereocenters. The first-order valence-corrected chi connectivity index (χ1v) is 11.1. The number of nitrogens with one attached hydrogen (secondary N) is 2. The van der Waals surface area contributed by atoms with Gasteiger partial charge in [-0.1, -0.05) is 48.6 Å². The minimum absolute atomic E-state index is 0.145. The van der Waals surface area contributed by atoms with Gasteiger partial charge in [0, 0.05) is 18.3 Å². The Hall–Kier alpha value is -2.24. The lowest BCUT2D eigenvalue weighted by atomic mass is 9.95. The summed E-state index contributed by atoms with van der Waals surface area (Å²) in [6.45, 7) is 4.99. The smallest absolute Gasteiger partial charge is 0.262 e. The summed E-state index contributed by atoms with van der Waals surface area (Å²) in [6, 6.07) is 12.0. The Bertz CT molecular complexity index is 833. The molecule has 0 saturated heterocycles. The maximum Gasteiger partial charge on any atom is 0.262 e. The van der Waals surface area contributed by atoms with Crippen LogP contribution >= 0.6 is 11.6 Å². The lowest BCUT2D eigenvalue weighted by molar-refractivity contribution is -0.118. The van der Waals surface area contributed by atoms with Crippen molar-refractivity contribution in [1.29, 1.82) is 0 Å². The van der Waals surface area contributed by atoms with E-state index in [1.54, 1.807) is 0 Å². The maximum atomic E-state index is 12.3. The number of anilines is 1. The highest BCUT2D eigenvalue weighted by atomic mass is 35.5. The molecule has 1 saturated carbocycles. The first kappa shape index (κ1) is 22.4. The van der Waals surface area contributed by atoms with Crippen molar-refractivity contribution in [2.75, 3.05) is 18.5 Å². The Balaban J connectivity index is 1.61. The zero-order valence-electron chi connectivity index (χ0n) is 17.8. The van der Waals surface area contributed by atoms with Gasteiger partial charge in [-0.3, -0.25) is 4.79 Å². The van der Waals surface area contributed by atoms with E-state index in [2.05, 4.69) is 10.6 Å². The first-order chi connectivity index (χ1) is 14.5. The Morgan fingerprint density at radius 2 is 1.83 bits per heavy atom. The summed E-state index contributed by atoms with van der Waals surface area (Å²) in [7, 11) is 0. The van der Waals surface area contributed by atoms with E-state index in [-0.39, 0.29) is 12.5 Å². The van der Waals surface area contributed by atoms with E-state index in [0.29, 0.717) is 29.2 Å². The molecular formula is C24H31ClN2O3. The quantitative estimate of drug-likeness (QED) is 0.552. The summed E-state index contributed by atoms with van der Waals surface area (Å²) >= 11 is 6.49. The number of amides is 1. The summed E-state index contributed by atoms with van der Waals surface area (Å²) in [4.78, 5) is 12.3. The van der Waals surface area contributed by atoms with Crippen LogP contribution in [0.15, 0.2) is 36.4 Å². The molecule has 5 nitrogen and oxygen atoms in total. The van der Waals surface area contributed by atoms with E-state index in [4.69, 9.17) is 21.1 Å². The topological polar surface area (TPSA) is 59.6 Å². The second-order valence-electron chi connectivity index (χ2n) is 7.76. The molecule has 3 rings (SSSR count). The van der Waals surface area contributed by atoms with Gasteiger partial charge in [0.15, 0.2) is 18.1 Å². The highest BCUT2D eigenvalue weighted by molar-refractivity contribution is 6.32. The number of hydrogen-bond donors (Lipinski definition) is 2. The Morgan fingerprint density at radius 3 is 2.53 bits per heavy atom. The molecule has 1 amide bonds. The molecule has 1 fully saturated rings. The molecule has 2 aromatic rings. The van der Waals surface area contributed by atoms with E-state index in [1.807, 2.05) is 50.2 Å². The summed E-state index contributed by atoms with van der Waals surface area (Å²) in [5, 5.41) is 6.89. The van der Waals surface area contributed by atoms with Crippen LogP contribution in [0.5, 0.6) is 11.5 Å². The fourth-order valence-electron chi connectivity index (χ4n) is 3.67. The third kappa shape index (κ3) is 6.64. The number of aryl methyl sites for hydroxylation is 1. The minimum atomic E-state index is -0.250. The van der Waals surface area contributed by atoms with Crippen LogP contribution in [-0.4, -0.2) is 25.2 Å². The van der Waals surface area contributed by atoms with Crippen LogP contribution in [0.4, 0.5) is 5.69 Å². The third-order valence-corrected chi connectivity index (χ3v) is 5.53. The lowest BCUT2D eigenvalue weighted by Gasteiger charge is -2.23. The van der Waals surface area contributed by atoms with Crippen molar-refractivity contribution in [3.8, 4) is 11.5 Å². The normalized spacial score (nSPS) is 14.4. The Labute approximate surface area is 184 Å². The summed E-state index contributed by atoms with van der Waals surface area (Å²) in [5.74, 6) is 0.716. The third-order valence-electron chi connectivity index (χ3n) is 5.25. The van der Waals surface area contributed by atoms with Gasteiger partial charge >= 0.3 is 0 Å². The van der Waals surface area contributed by atoms with Gasteiger partial charge in [0.1, 0.15) is 0 Å². The molecule has 6 heteroatoms. The van der Waals surface area contributed by atoms with Crippen molar-refractivity contribution < 1.29 is 14.3 Å². The standard InChI is InChI=1S/C24H31ClN2O3/c1-3-29-22-14-18(15-26-19-7-5-4-6-8-19)13-21(25)24(22)30-16-23(28)27-20-11-9-17(2)10-12-20/h9-14,19,26H,3-8,15-16H2,1-2H3,(H,27,28). The SMILES string of the molecule is CCOc1cc(CNC2CCCCC2)cc(Cl)c1OCC(=O)Nc1ccc(C)cc1. The maximum absolute atomic E-state index is 12.3. The van der Waals surface area contributed by atoms with Gasteiger partial charge < -0.3 is 20.1 Å². The van der Waals surface area contributed by atoms with Gasteiger partial charge in [0.05, 0.1) is 11.6 Å².